The third-order valence-corrected chi connectivity index (χ3v) is 3.40. The molecule has 1 aromatic carbocycles. The maximum absolute atomic E-state index is 12.2. The Morgan fingerprint density at radius 3 is 2.74 bits per heavy atom. The normalized spacial score (nSPS) is 15.2. The molecule has 120 valence electrons. The van der Waals surface area contributed by atoms with Crippen LogP contribution in [-0.2, 0) is 31.7 Å². The lowest BCUT2D eigenvalue weighted by molar-refractivity contribution is -0.115. The van der Waals surface area contributed by atoms with Gasteiger partial charge in [-0.05, 0) is 18.6 Å². The molecule has 3 rings (SSSR count). The Morgan fingerprint density at radius 2 is 2.09 bits per heavy atom. The number of nitrogens with zero attached hydrogens (tertiary/aromatic N) is 1. The fourth-order valence-electron chi connectivity index (χ4n) is 2.18. The summed E-state index contributed by atoms with van der Waals surface area (Å²) in [4.78, 5) is 26.3. The number of hydrogen-bond donors (Lipinski definition) is 1. The monoisotopic (exact) mass is 334 g/mol. The van der Waals surface area contributed by atoms with Gasteiger partial charge in [0, 0.05) is 6.20 Å². The molecule has 0 radical (unpaired) electrons. The fourth-order valence-corrected chi connectivity index (χ4v) is 2.34. The van der Waals surface area contributed by atoms with Crippen LogP contribution in [0.1, 0.15) is 18.2 Å². The van der Waals surface area contributed by atoms with Gasteiger partial charge >= 0.3 is 5.97 Å². The van der Waals surface area contributed by atoms with Crippen LogP contribution in [0.3, 0.4) is 0 Å². The van der Waals surface area contributed by atoms with E-state index in [0.29, 0.717) is 23.0 Å². The average molecular weight is 335 g/mol. The molecule has 0 atom stereocenters. The van der Waals surface area contributed by atoms with E-state index in [1.165, 1.54) is 6.20 Å². The van der Waals surface area contributed by atoms with Crippen molar-refractivity contribution < 1.29 is 19.3 Å². The van der Waals surface area contributed by atoms with Crippen molar-refractivity contribution >= 4 is 23.2 Å². The molecule has 1 aliphatic heterocycles. The lowest BCUT2D eigenvalue weighted by Crippen LogP contribution is -2.21. The molecule has 1 aliphatic rings. The first kappa shape index (κ1) is 15.9. The number of rotatable bonds is 6. The first-order chi connectivity index (χ1) is 11.1. The highest BCUT2D eigenvalue weighted by atomic mass is 35.5. The summed E-state index contributed by atoms with van der Waals surface area (Å²) in [5.74, 6) is -1.57. The van der Waals surface area contributed by atoms with Gasteiger partial charge in [-0.3, -0.25) is 4.79 Å². The third kappa shape index (κ3) is 3.68. The van der Waals surface area contributed by atoms with Crippen LogP contribution in [0.15, 0.2) is 42.6 Å². The second kappa shape index (κ2) is 6.64. The molecule has 0 bridgehead atoms. The molecule has 1 N–H and O–H groups in total. The zero-order valence-corrected chi connectivity index (χ0v) is 13.2. The van der Waals surface area contributed by atoms with Gasteiger partial charge in [-0.2, -0.15) is 9.78 Å². The first-order valence-corrected chi connectivity index (χ1v) is 7.51. The number of amides is 1. The van der Waals surface area contributed by atoms with Crippen LogP contribution in [0.25, 0.3) is 0 Å². The molecule has 2 heterocycles. The van der Waals surface area contributed by atoms with Crippen LogP contribution in [0.5, 0.6) is 0 Å². The van der Waals surface area contributed by atoms with E-state index in [1.807, 2.05) is 30.3 Å². The fraction of sp³-hybridized carbons (Fsp3) is 0.250. The summed E-state index contributed by atoms with van der Waals surface area (Å²) in [5, 5.41) is 3.16. The van der Waals surface area contributed by atoms with Gasteiger partial charge in [-0.15, -0.1) is 0 Å². The van der Waals surface area contributed by atoms with Crippen molar-refractivity contribution in [2.75, 3.05) is 11.9 Å². The summed E-state index contributed by atoms with van der Waals surface area (Å²) >= 11 is 5.97. The minimum atomic E-state index is -1.37. The summed E-state index contributed by atoms with van der Waals surface area (Å²) in [7, 11) is 0. The maximum Gasteiger partial charge on any atom is 0.386 e. The molecule has 1 saturated heterocycles. The van der Waals surface area contributed by atoms with Crippen LogP contribution < -0.4 is 5.32 Å². The zero-order valence-electron chi connectivity index (χ0n) is 12.4. The van der Waals surface area contributed by atoms with E-state index in [1.54, 1.807) is 13.0 Å². The lowest BCUT2D eigenvalue weighted by Gasteiger charge is -2.13. The molecule has 0 spiro atoms. The van der Waals surface area contributed by atoms with Crippen molar-refractivity contribution in [2.45, 2.75) is 19.3 Å². The molecule has 0 saturated carbocycles. The van der Waals surface area contributed by atoms with Gasteiger partial charge < -0.3 is 10.1 Å². The number of benzene rings is 1. The smallest absolute Gasteiger partial charge is 0.324 e. The van der Waals surface area contributed by atoms with Crippen molar-refractivity contribution in [3.63, 3.8) is 0 Å². The molecule has 1 fully saturated rings. The summed E-state index contributed by atoms with van der Waals surface area (Å²) < 4.78 is 5.41. The number of anilines is 1. The summed E-state index contributed by atoms with van der Waals surface area (Å²) in [6, 6.07) is 11.0. The van der Waals surface area contributed by atoms with Gasteiger partial charge in [0.05, 0.1) is 23.7 Å². The van der Waals surface area contributed by atoms with Gasteiger partial charge in [-0.1, -0.05) is 41.9 Å². The number of hydrogen-bond acceptors (Lipinski definition) is 5. The number of ether oxygens (including phenoxy) is 1. The van der Waals surface area contributed by atoms with Gasteiger partial charge in [-0.25, -0.2) is 4.98 Å². The average Bonchev–Trinajstić information content (AvgIpc) is 3.29. The Kier molecular flexibility index (Phi) is 4.58. The van der Waals surface area contributed by atoms with E-state index < -0.39 is 5.97 Å². The highest BCUT2D eigenvalue weighted by Gasteiger charge is 2.56. The van der Waals surface area contributed by atoms with Crippen LogP contribution in [0.2, 0.25) is 5.02 Å². The zero-order chi connectivity index (χ0) is 16.3. The predicted molar refractivity (Wildman–Crippen MR) is 83.5 cm³/mol. The SMILES string of the molecule is CCOC1(c2ncc(Cl)cc2NC(=O)Cc2ccccc2)OO1. The highest BCUT2D eigenvalue weighted by molar-refractivity contribution is 6.30. The Hall–Kier alpha value is -1.99. The van der Waals surface area contributed by atoms with Crippen LogP contribution >= 0.6 is 11.6 Å². The van der Waals surface area contributed by atoms with Crippen LogP contribution in [-0.4, -0.2) is 17.5 Å². The van der Waals surface area contributed by atoms with Crippen molar-refractivity contribution in [1.29, 1.82) is 0 Å². The largest absolute Gasteiger partial charge is 0.386 e. The molecule has 1 aromatic heterocycles. The van der Waals surface area contributed by atoms with E-state index in [9.17, 15) is 4.79 Å². The van der Waals surface area contributed by atoms with Crippen molar-refractivity contribution in [3.8, 4) is 0 Å². The number of nitrogens with one attached hydrogen (secondary N) is 1. The Labute approximate surface area is 138 Å². The van der Waals surface area contributed by atoms with Crippen molar-refractivity contribution in [3.05, 3.63) is 58.9 Å². The van der Waals surface area contributed by atoms with E-state index in [4.69, 9.17) is 26.1 Å². The lowest BCUT2D eigenvalue weighted by atomic mass is 10.1. The van der Waals surface area contributed by atoms with Crippen molar-refractivity contribution in [2.24, 2.45) is 0 Å². The number of halogens is 1. The molecule has 7 heteroatoms. The van der Waals surface area contributed by atoms with Crippen LogP contribution in [0.4, 0.5) is 5.69 Å². The standard InChI is InChI=1S/C16H15ClN2O4/c1-2-21-16(22-23-16)15-13(9-12(17)10-18-15)19-14(20)8-11-6-4-3-5-7-11/h3-7,9-10H,2,8H2,1H3,(H,19,20). The number of pyridine rings is 1. The molecule has 6 nitrogen and oxygen atoms in total. The minimum absolute atomic E-state index is 0.200. The van der Waals surface area contributed by atoms with E-state index >= 15 is 0 Å². The Morgan fingerprint density at radius 1 is 1.35 bits per heavy atom. The second-order valence-corrected chi connectivity index (χ2v) is 5.35. The van der Waals surface area contributed by atoms with Gasteiger partial charge in [0.2, 0.25) is 5.91 Å². The maximum atomic E-state index is 12.2. The number of carbonyl (C=O) groups is 1. The highest BCUT2D eigenvalue weighted by Crippen LogP contribution is 2.44. The van der Waals surface area contributed by atoms with Gasteiger partial charge in [0.15, 0.2) is 5.69 Å². The van der Waals surface area contributed by atoms with Crippen LogP contribution in [0, 0.1) is 0 Å². The molecule has 0 aliphatic carbocycles. The first-order valence-electron chi connectivity index (χ1n) is 7.13. The Bertz CT molecular complexity index is 704. The molecule has 2 aromatic rings. The van der Waals surface area contributed by atoms with Crippen molar-refractivity contribution in [1.82, 2.24) is 4.98 Å². The predicted octanol–water partition coefficient (Wildman–Crippen LogP) is 3.02. The van der Waals surface area contributed by atoms with E-state index in [2.05, 4.69) is 10.3 Å². The summed E-state index contributed by atoms with van der Waals surface area (Å²) in [6.07, 6.45) is 1.67. The molecular formula is C16H15ClN2O4. The molecule has 1 amide bonds. The van der Waals surface area contributed by atoms with E-state index in [0.717, 1.165) is 5.56 Å². The summed E-state index contributed by atoms with van der Waals surface area (Å²) in [6.45, 7) is 2.16. The third-order valence-electron chi connectivity index (χ3n) is 3.20. The van der Waals surface area contributed by atoms with Gasteiger partial charge in [0.25, 0.3) is 0 Å². The molecule has 0 unspecified atom stereocenters. The second-order valence-electron chi connectivity index (χ2n) is 4.92. The minimum Gasteiger partial charge on any atom is -0.324 e. The van der Waals surface area contributed by atoms with Gasteiger partial charge in [0.1, 0.15) is 0 Å². The topological polar surface area (TPSA) is 76.3 Å². The Balaban J connectivity index is 1.79. The number of carbonyl (C=O) groups excluding carboxylic acids is 1. The summed E-state index contributed by atoms with van der Waals surface area (Å²) in [5.41, 5.74) is 1.62. The molecular weight excluding hydrogens is 320 g/mol. The molecule has 23 heavy (non-hydrogen) atoms. The van der Waals surface area contributed by atoms with E-state index in [-0.39, 0.29) is 12.3 Å². The number of aromatic nitrogens is 1. The quantitative estimate of drug-likeness (QED) is 0.649.